The molecule has 1 saturated carbocycles. The highest BCUT2D eigenvalue weighted by Gasteiger charge is 2.42. The van der Waals surface area contributed by atoms with E-state index in [-0.39, 0.29) is 6.61 Å². The van der Waals surface area contributed by atoms with Crippen LogP contribution >= 0.6 is 23.2 Å². The Balaban J connectivity index is 1.58. The highest BCUT2D eigenvalue weighted by atomic mass is 35.5. The molecule has 1 aromatic carbocycles. The van der Waals surface area contributed by atoms with Gasteiger partial charge in [-0.3, -0.25) is 0 Å². The molecule has 1 aromatic heterocycles. The van der Waals surface area contributed by atoms with Crippen LogP contribution in [-0.4, -0.2) is 28.2 Å². The van der Waals surface area contributed by atoms with E-state index in [4.69, 9.17) is 23.2 Å². The molecule has 1 spiro atoms. The summed E-state index contributed by atoms with van der Waals surface area (Å²) < 4.78 is 0. The molecule has 2 heterocycles. The van der Waals surface area contributed by atoms with Crippen molar-refractivity contribution in [2.24, 2.45) is 11.3 Å². The number of piperidine rings is 1. The summed E-state index contributed by atoms with van der Waals surface area (Å²) in [5.74, 6) is 1.61. The van der Waals surface area contributed by atoms with Crippen molar-refractivity contribution < 1.29 is 5.11 Å². The summed E-state index contributed by atoms with van der Waals surface area (Å²) in [5, 5.41) is 10.8. The number of anilines is 1. The number of aliphatic hydroxyl groups excluding tert-OH is 1. The molecule has 6 heteroatoms. The normalized spacial score (nSPS) is 21.8. The van der Waals surface area contributed by atoms with Crippen LogP contribution in [0.1, 0.15) is 44.7 Å². The van der Waals surface area contributed by atoms with Gasteiger partial charge in [-0.25, -0.2) is 9.97 Å². The van der Waals surface area contributed by atoms with Gasteiger partial charge in [-0.15, -0.1) is 0 Å². The summed E-state index contributed by atoms with van der Waals surface area (Å²) in [6.07, 6.45) is 8.20. The molecule has 144 valence electrons. The summed E-state index contributed by atoms with van der Waals surface area (Å²) in [6, 6.07) is 5.45. The number of halogens is 2. The van der Waals surface area contributed by atoms with Gasteiger partial charge in [-0.1, -0.05) is 55.1 Å². The number of aromatic nitrogens is 2. The molecule has 2 aliphatic rings. The van der Waals surface area contributed by atoms with E-state index in [1.54, 1.807) is 12.3 Å². The van der Waals surface area contributed by atoms with Crippen LogP contribution in [0.3, 0.4) is 0 Å². The Morgan fingerprint density at radius 3 is 2.67 bits per heavy atom. The van der Waals surface area contributed by atoms with E-state index in [1.165, 1.54) is 32.1 Å². The van der Waals surface area contributed by atoms with Crippen LogP contribution in [0.25, 0.3) is 11.3 Å². The molecule has 1 aliphatic carbocycles. The first kappa shape index (κ1) is 19.0. The number of nitrogens with zero attached hydrogens (tertiary/aromatic N) is 3. The topological polar surface area (TPSA) is 49.2 Å². The maximum Gasteiger partial charge on any atom is 0.152 e. The number of benzene rings is 1. The smallest absolute Gasteiger partial charge is 0.152 e. The van der Waals surface area contributed by atoms with Crippen molar-refractivity contribution in [3.05, 3.63) is 40.1 Å². The van der Waals surface area contributed by atoms with Gasteiger partial charge >= 0.3 is 0 Å². The third-order valence-corrected chi connectivity index (χ3v) is 7.43. The van der Waals surface area contributed by atoms with Crippen LogP contribution in [0.5, 0.6) is 0 Å². The van der Waals surface area contributed by atoms with E-state index in [0.717, 1.165) is 30.4 Å². The predicted molar refractivity (Wildman–Crippen MR) is 110 cm³/mol. The minimum Gasteiger partial charge on any atom is -0.390 e. The van der Waals surface area contributed by atoms with E-state index in [0.29, 0.717) is 26.8 Å². The molecule has 0 unspecified atom stereocenters. The SMILES string of the molecule is C[C@@H]1CCCC12CCN(c1ncc(-c3cccc(Cl)c3Cl)nc1CO)CC2. The van der Waals surface area contributed by atoms with Crippen molar-refractivity contribution >= 4 is 29.0 Å². The van der Waals surface area contributed by atoms with Crippen molar-refractivity contribution in [2.75, 3.05) is 18.0 Å². The summed E-state index contributed by atoms with van der Waals surface area (Å²) >= 11 is 12.4. The van der Waals surface area contributed by atoms with Gasteiger partial charge in [0.1, 0.15) is 5.69 Å². The largest absolute Gasteiger partial charge is 0.390 e. The summed E-state index contributed by atoms with van der Waals surface area (Å²) in [7, 11) is 0. The van der Waals surface area contributed by atoms with Crippen LogP contribution in [0.15, 0.2) is 24.4 Å². The molecule has 4 rings (SSSR count). The lowest BCUT2D eigenvalue weighted by Gasteiger charge is -2.43. The average Bonchev–Trinajstić information content (AvgIpc) is 3.04. The quantitative estimate of drug-likeness (QED) is 0.747. The zero-order valence-corrected chi connectivity index (χ0v) is 17.1. The fraction of sp³-hybridized carbons (Fsp3) is 0.524. The molecule has 1 saturated heterocycles. The zero-order valence-electron chi connectivity index (χ0n) is 15.6. The van der Waals surface area contributed by atoms with Crippen molar-refractivity contribution in [1.29, 1.82) is 0 Å². The molecule has 2 fully saturated rings. The van der Waals surface area contributed by atoms with Crippen LogP contribution in [-0.2, 0) is 6.61 Å². The van der Waals surface area contributed by atoms with Crippen molar-refractivity contribution in [3.63, 3.8) is 0 Å². The second kappa shape index (κ2) is 7.57. The molecule has 0 bridgehead atoms. The van der Waals surface area contributed by atoms with E-state index in [2.05, 4.69) is 21.8 Å². The Labute approximate surface area is 170 Å². The predicted octanol–water partition coefficient (Wildman–Crippen LogP) is 5.35. The molecule has 4 nitrogen and oxygen atoms in total. The molecular formula is C21H25Cl2N3O. The maximum absolute atomic E-state index is 9.90. The Kier molecular flexibility index (Phi) is 5.32. The molecule has 27 heavy (non-hydrogen) atoms. The summed E-state index contributed by atoms with van der Waals surface area (Å²) in [5.41, 5.74) is 2.47. The van der Waals surface area contributed by atoms with Crippen molar-refractivity contribution in [1.82, 2.24) is 9.97 Å². The minimum absolute atomic E-state index is 0.146. The van der Waals surface area contributed by atoms with Crippen LogP contribution in [0.4, 0.5) is 5.82 Å². The second-order valence-corrected chi connectivity index (χ2v) is 8.71. The van der Waals surface area contributed by atoms with Crippen LogP contribution < -0.4 is 4.90 Å². The monoisotopic (exact) mass is 405 g/mol. The summed E-state index contributed by atoms with van der Waals surface area (Å²) in [6.45, 7) is 4.21. The third-order valence-electron chi connectivity index (χ3n) is 6.62. The number of hydrogen-bond acceptors (Lipinski definition) is 4. The number of hydrogen-bond donors (Lipinski definition) is 1. The first-order chi connectivity index (χ1) is 13.0. The molecule has 1 aliphatic heterocycles. The van der Waals surface area contributed by atoms with Crippen molar-refractivity contribution in [2.45, 2.75) is 45.6 Å². The van der Waals surface area contributed by atoms with Gasteiger partial charge in [0.15, 0.2) is 5.82 Å². The molecule has 1 atom stereocenters. The minimum atomic E-state index is -0.146. The lowest BCUT2D eigenvalue weighted by molar-refractivity contribution is 0.161. The Morgan fingerprint density at radius 2 is 2.00 bits per heavy atom. The zero-order chi connectivity index (χ0) is 19.0. The fourth-order valence-corrected chi connectivity index (χ4v) is 5.24. The fourth-order valence-electron chi connectivity index (χ4n) is 4.84. The van der Waals surface area contributed by atoms with E-state index in [9.17, 15) is 5.11 Å². The van der Waals surface area contributed by atoms with Gasteiger partial charge in [0.25, 0.3) is 0 Å². The van der Waals surface area contributed by atoms with E-state index in [1.807, 2.05) is 12.1 Å². The van der Waals surface area contributed by atoms with Gasteiger partial charge in [-0.05, 0) is 36.7 Å². The number of rotatable bonds is 3. The Hall–Kier alpha value is -1.36. The maximum atomic E-state index is 9.90. The molecule has 0 radical (unpaired) electrons. The molecule has 1 N–H and O–H groups in total. The first-order valence-corrected chi connectivity index (χ1v) is 10.5. The highest BCUT2D eigenvalue weighted by Crippen LogP contribution is 2.50. The van der Waals surface area contributed by atoms with Gasteiger partial charge < -0.3 is 10.0 Å². The molecule has 0 amide bonds. The van der Waals surface area contributed by atoms with Crippen LogP contribution in [0, 0.1) is 11.3 Å². The Morgan fingerprint density at radius 1 is 1.22 bits per heavy atom. The highest BCUT2D eigenvalue weighted by molar-refractivity contribution is 6.43. The van der Waals surface area contributed by atoms with E-state index >= 15 is 0 Å². The van der Waals surface area contributed by atoms with Gasteiger partial charge in [-0.2, -0.15) is 0 Å². The van der Waals surface area contributed by atoms with Crippen molar-refractivity contribution in [3.8, 4) is 11.3 Å². The molecule has 2 aromatic rings. The first-order valence-electron chi connectivity index (χ1n) is 9.70. The van der Waals surface area contributed by atoms with Gasteiger partial charge in [0, 0.05) is 18.7 Å². The lowest BCUT2D eigenvalue weighted by atomic mass is 9.71. The summed E-state index contributed by atoms with van der Waals surface area (Å²) in [4.78, 5) is 11.6. The third kappa shape index (κ3) is 3.43. The Bertz CT molecular complexity index is 834. The second-order valence-electron chi connectivity index (χ2n) is 7.93. The van der Waals surface area contributed by atoms with Crippen LogP contribution in [0.2, 0.25) is 10.0 Å². The van der Waals surface area contributed by atoms with Gasteiger partial charge in [0.05, 0.1) is 28.5 Å². The standard InChI is InChI=1S/C21H25Cl2N3O/c1-14-4-3-7-21(14)8-10-26(11-9-21)20-18(13-27)25-17(12-24-20)15-5-2-6-16(22)19(15)23/h2,5-6,12,14,27H,3-4,7-11,13H2,1H3/t14-/m1/s1. The lowest BCUT2D eigenvalue weighted by Crippen LogP contribution is -2.42. The number of aliphatic hydroxyl groups is 1. The van der Waals surface area contributed by atoms with E-state index < -0.39 is 0 Å². The average molecular weight is 406 g/mol. The molecular weight excluding hydrogens is 381 g/mol. The van der Waals surface area contributed by atoms with Gasteiger partial charge in [0.2, 0.25) is 0 Å².